The highest BCUT2D eigenvalue weighted by Crippen LogP contribution is 2.26. The number of hydrogen-bond acceptors (Lipinski definition) is 3. The first kappa shape index (κ1) is 10.0. The van der Waals surface area contributed by atoms with Crippen molar-refractivity contribution in [2.45, 2.75) is 12.8 Å². The van der Waals surface area contributed by atoms with E-state index in [1.165, 1.54) is 8.79 Å². The molecule has 0 saturated carbocycles. The van der Waals surface area contributed by atoms with Gasteiger partial charge in [0.25, 0.3) is 0 Å². The van der Waals surface area contributed by atoms with Crippen LogP contribution in [0.25, 0.3) is 0 Å². The summed E-state index contributed by atoms with van der Waals surface area (Å²) in [7, 11) is 0. The van der Waals surface area contributed by atoms with E-state index in [0.717, 1.165) is 25.9 Å². The number of rotatable bonds is 5. The maximum absolute atomic E-state index is 5.38. The lowest BCUT2D eigenvalue weighted by Gasteiger charge is -2.00. The lowest BCUT2D eigenvalue weighted by molar-refractivity contribution is 0.775. The van der Waals surface area contributed by atoms with Crippen LogP contribution in [0.15, 0.2) is 15.9 Å². The minimum absolute atomic E-state index is 0.788. The monoisotopic (exact) mass is 248 g/mol. The summed E-state index contributed by atoms with van der Waals surface area (Å²) in [4.78, 5) is 0. The Labute approximate surface area is 85.3 Å². The molecule has 0 atom stereocenters. The maximum Gasteiger partial charge on any atom is 0.0894 e. The summed E-state index contributed by atoms with van der Waals surface area (Å²) in [6.07, 6.45) is 2.24. The van der Waals surface area contributed by atoms with Gasteiger partial charge in [-0.25, -0.2) is 0 Å². The van der Waals surface area contributed by atoms with Crippen molar-refractivity contribution in [1.82, 2.24) is 0 Å². The Bertz CT molecular complexity index is 225. The van der Waals surface area contributed by atoms with Crippen LogP contribution in [0.3, 0.4) is 0 Å². The summed E-state index contributed by atoms with van der Waals surface area (Å²) in [6, 6.07) is 4.13. The SMILES string of the molecule is NCCCCNc1ccc(Br)s1. The van der Waals surface area contributed by atoms with E-state index in [9.17, 15) is 0 Å². The zero-order valence-corrected chi connectivity index (χ0v) is 9.25. The van der Waals surface area contributed by atoms with Gasteiger partial charge in [0.05, 0.1) is 8.79 Å². The number of nitrogens with one attached hydrogen (secondary N) is 1. The predicted octanol–water partition coefficient (Wildman–Crippen LogP) is 2.66. The van der Waals surface area contributed by atoms with Crippen molar-refractivity contribution in [1.29, 1.82) is 0 Å². The molecule has 0 fully saturated rings. The molecule has 0 unspecified atom stereocenters. The summed E-state index contributed by atoms with van der Waals surface area (Å²) >= 11 is 5.13. The minimum Gasteiger partial charge on any atom is -0.377 e. The zero-order valence-electron chi connectivity index (χ0n) is 6.85. The molecule has 12 heavy (non-hydrogen) atoms. The first-order valence-electron chi connectivity index (χ1n) is 4.02. The molecule has 1 rings (SSSR count). The third kappa shape index (κ3) is 3.56. The highest BCUT2D eigenvalue weighted by Gasteiger charge is 1.94. The van der Waals surface area contributed by atoms with Crippen LogP contribution in [0, 0.1) is 0 Å². The van der Waals surface area contributed by atoms with E-state index >= 15 is 0 Å². The first-order valence-corrected chi connectivity index (χ1v) is 5.63. The molecule has 68 valence electrons. The molecule has 1 aromatic rings. The standard InChI is InChI=1S/C8H13BrN2S/c9-7-3-4-8(12-7)11-6-2-1-5-10/h3-4,11H,1-2,5-6,10H2. The van der Waals surface area contributed by atoms with Gasteiger partial charge >= 0.3 is 0 Å². The van der Waals surface area contributed by atoms with Crippen molar-refractivity contribution < 1.29 is 0 Å². The Morgan fingerprint density at radius 1 is 1.42 bits per heavy atom. The quantitative estimate of drug-likeness (QED) is 0.787. The summed E-state index contributed by atoms with van der Waals surface area (Å²) in [6.45, 7) is 1.81. The van der Waals surface area contributed by atoms with Crippen molar-refractivity contribution in [3.05, 3.63) is 15.9 Å². The van der Waals surface area contributed by atoms with Crippen molar-refractivity contribution in [2.75, 3.05) is 18.4 Å². The van der Waals surface area contributed by atoms with Gasteiger partial charge in [0.15, 0.2) is 0 Å². The number of nitrogens with two attached hydrogens (primary N) is 1. The van der Waals surface area contributed by atoms with Gasteiger partial charge in [0.1, 0.15) is 0 Å². The predicted molar refractivity (Wildman–Crippen MR) is 58.8 cm³/mol. The molecule has 0 radical (unpaired) electrons. The van der Waals surface area contributed by atoms with Crippen LogP contribution in [0.5, 0.6) is 0 Å². The molecule has 0 amide bonds. The molecule has 0 aliphatic carbocycles. The van der Waals surface area contributed by atoms with Crippen LogP contribution in [0.2, 0.25) is 0 Å². The summed E-state index contributed by atoms with van der Waals surface area (Å²) in [5, 5.41) is 4.55. The second kappa shape index (κ2) is 5.56. The second-order valence-electron chi connectivity index (χ2n) is 2.53. The topological polar surface area (TPSA) is 38.0 Å². The lowest BCUT2D eigenvalue weighted by Crippen LogP contribution is -2.04. The van der Waals surface area contributed by atoms with Crippen molar-refractivity contribution >= 4 is 32.3 Å². The van der Waals surface area contributed by atoms with Gasteiger partial charge in [-0.05, 0) is 47.4 Å². The maximum atomic E-state index is 5.38. The molecule has 0 aromatic carbocycles. The van der Waals surface area contributed by atoms with E-state index in [1.807, 2.05) is 0 Å². The molecule has 1 aromatic heterocycles. The average Bonchev–Trinajstić information content (AvgIpc) is 2.45. The molecular weight excluding hydrogens is 236 g/mol. The Kier molecular flexibility index (Phi) is 4.65. The highest BCUT2D eigenvalue weighted by atomic mass is 79.9. The fraction of sp³-hybridized carbons (Fsp3) is 0.500. The number of halogens is 1. The van der Waals surface area contributed by atoms with Crippen molar-refractivity contribution in [3.63, 3.8) is 0 Å². The van der Waals surface area contributed by atoms with E-state index in [1.54, 1.807) is 11.3 Å². The van der Waals surface area contributed by atoms with E-state index in [0.29, 0.717) is 0 Å². The highest BCUT2D eigenvalue weighted by molar-refractivity contribution is 9.11. The summed E-state index contributed by atoms with van der Waals surface area (Å²) in [5.41, 5.74) is 5.38. The fourth-order valence-electron chi connectivity index (χ4n) is 0.890. The van der Waals surface area contributed by atoms with E-state index in [4.69, 9.17) is 5.73 Å². The molecule has 0 spiro atoms. The molecule has 3 N–H and O–H groups in total. The first-order chi connectivity index (χ1) is 5.83. The normalized spacial score (nSPS) is 10.2. The third-order valence-electron chi connectivity index (χ3n) is 1.50. The lowest BCUT2D eigenvalue weighted by atomic mass is 10.3. The van der Waals surface area contributed by atoms with Gasteiger partial charge in [0, 0.05) is 6.54 Å². The van der Waals surface area contributed by atoms with Gasteiger partial charge in [-0.1, -0.05) is 0 Å². The van der Waals surface area contributed by atoms with Crippen LogP contribution >= 0.6 is 27.3 Å². The zero-order chi connectivity index (χ0) is 8.81. The number of thiophene rings is 1. The van der Waals surface area contributed by atoms with Gasteiger partial charge in [-0.2, -0.15) is 0 Å². The van der Waals surface area contributed by atoms with Crippen LogP contribution in [0.1, 0.15) is 12.8 Å². The Hall–Kier alpha value is -0.0600. The summed E-state index contributed by atoms with van der Waals surface area (Å²) < 4.78 is 1.17. The van der Waals surface area contributed by atoms with Crippen molar-refractivity contribution in [3.8, 4) is 0 Å². The Morgan fingerprint density at radius 3 is 2.83 bits per heavy atom. The Balaban J connectivity index is 2.15. The fourth-order valence-corrected chi connectivity index (χ4v) is 2.20. The van der Waals surface area contributed by atoms with E-state index in [-0.39, 0.29) is 0 Å². The average molecular weight is 249 g/mol. The van der Waals surface area contributed by atoms with Crippen LogP contribution in [-0.4, -0.2) is 13.1 Å². The molecule has 0 bridgehead atoms. The minimum atomic E-state index is 0.788. The smallest absolute Gasteiger partial charge is 0.0894 e. The van der Waals surface area contributed by atoms with E-state index in [2.05, 4.69) is 33.4 Å². The molecule has 0 aliphatic rings. The van der Waals surface area contributed by atoms with Crippen LogP contribution < -0.4 is 11.1 Å². The summed E-state index contributed by atoms with van der Waals surface area (Å²) in [5.74, 6) is 0. The van der Waals surface area contributed by atoms with Crippen LogP contribution in [0.4, 0.5) is 5.00 Å². The molecule has 4 heteroatoms. The largest absolute Gasteiger partial charge is 0.377 e. The number of hydrogen-bond donors (Lipinski definition) is 2. The number of unbranched alkanes of at least 4 members (excludes halogenated alkanes) is 1. The van der Waals surface area contributed by atoms with Gasteiger partial charge in [0.2, 0.25) is 0 Å². The molecule has 0 aliphatic heterocycles. The van der Waals surface area contributed by atoms with E-state index < -0.39 is 0 Å². The van der Waals surface area contributed by atoms with Gasteiger partial charge < -0.3 is 11.1 Å². The molecule has 2 nitrogen and oxygen atoms in total. The Morgan fingerprint density at radius 2 is 2.25 bits per heavy atom. The second-order valence-corrected chi connectivity index (χ2v) is 4.99. The van der Waals surface area contributed by atoms with Gasteiger partial charge in [-0.15, -0.1) is 11.3 Å². The third-order valence-corrected chi connectivity index (χ3v) is 3.08. The molecule has 0 saturated heterocycles. The number of anilines is 1. The van der Waals surface area contributed by atoms with Crippen molar-refractivity contribution in [2.24, 2.45) is 5.73 Å². The van der Waals surface area contributed by atoms with Gasteiger partial charge in [-0.3, -0.25) is 0 Å². The molecule has 1 heterocycles. The van der Waals surface area contributed by atoms with Crippen LogP contribution in [-0.2, 0) is 0 Å². The molecular formula is C8H13BrN2S.